The second kappa shape index (κ2) is 3.86. The van der Waals surface area contributed by atoms with Crippen LogP contribution in [0.25, 0.3) is 0 Å². The van der Waals surface area contributed by atoms with Crippen molar-refractivity contribution in [1.29, 1.82) is 0 Å². The van der Waals surface area contributed by atoms with Gasteiger partial charge >= 0.3 is 24.0 Å². The van der Waals surface area contributed by atoms with Crippen LogP contribution >= 0.6 is 0 Å². The first kappa shape index (κ1) is 13.2. The minimum absolute atomic E-state index is 0.328. The summed E-state index contributed by atoms with van der Waals surface area (Å²) in [5.41, 5.74) is 0. The number of imidazole rings is 1. The van der Waals surface area contributed by atoms with Crippen molar-refractivity contribution in [2.75, 3.05) is 0 Å². The van der Waals surface area contributed by atoms with E-state index in [1.54, 1.807) is 0 Å². The number of hydrogen-bond acceptors (Lipinski definition) is 3. The van der Waals surface area contributed by atoms with E-state index in [9.17, 15) is 35.9 Å². The molecule has 10 heteroatoms. The van der Waals surface area contributed by atoms with Crippen molar-refractivity contribution in [2.24, 2.45) is 0 Å². The van der Waals surface area contributed by atoms with Crippen molar-refractivity contribution in [3.63, 3.8) is 0 Å². The van der Waals surface area contributed by atoms with Crippen molar-refractivity contribution >= 4 is 11.7 Å². The molecule has 0 amide bonds. The predicted octanol–water partition coefficient (Wildman–Crippen LogP) is 1.83. The molecular formula is C7H2F6N2O2. The Kier molecular flexibility index (Phi) is 2.99. The molecule has 0 bridgehead atoms. The summed E-state index contributed by atoms with van der Waals surface area (Å²) in [6, 6.07) is 0. The molecule has 0 saturated heterocycles. The van der Waals surface area contributed by atoms with Gasteiger partial charge < -0.3 is 0 Å². The smallest absolute Gasteiger partial charge is 0.280 e. The zero-order valence-electron chi connectivity index (χ0n) is 7.63. The third-order valence-electron chi connectivity index (χ3n) is 1.56. The number of ketones is 1. The van der Waals surface area contributed by atoms with E-state index < -0.39 is 34.4 Å². The van der Waals surface area contributed by atoms with Crippen LogP contribution in [0, 0.1) is 0 Å². The van der Waals surface area contributed by atoms with Gasteiger partial charge in [-0.1, -0.05) is 0 Å². The van der Waals surface area contributed by atoms with Gasteiger partial charge in [-0.15, -0.1) is 0 Å². The van der Waals surface area contributed by atoms with E-state index in [2.05, 4.69) is 4.98 Å². The highest BCUT2D eigenvalue weighted by Crippen LogP contribution is 2.23. The lowest BCUT2D eigenvalue weighted by Gasteiger charge is -2.09. The highest BCUT2D eigenvalue weighted by molar-refractivity contribution is 6.01. The minimum atomic E-state index is -5.41. The van der Waals surface area contributed by atoms with E-state index in [0.29, 0.717) is 12.4 Å². The van der Waals surface area contributed by atoms with Gasteiger partial charge in [-0.3, -0.25) is 14.2 Å². The molecule has 0 N–H and O–H groups in total. The third kappa shape index (κ3) is 2.63. The van der Waals surface area contributed by atoms with Crippen molar-refractivity contribution in [2.45, 2.75) is 12.4 Å². The number of carbonyl (C=O) groups excluding carboxylic acids is 2. The van der Waals surface area contributed by atoms with E-state index in [1.807, 2.05) is 0 Å². The van der Waals surface area contributed by atoms with E-state index in [-0.39, 0.29) is 0 Å². The van der Waals surface area contributed by atoms with Gasteiger partial charge in [0.2, 0.25) is 0 Å². The van der Waals surface area contributed by atoms with E-state index >= 15 is 0 Å². The molecule has 1 rings (SSSR count). The molecule has 0 fully saturated rings. The van der Waals surface area contributed by atoms with Crippen molar-refractivity contribution < 1.29 is 35.9 Å². The Balaban J connectivity index is 3.20. The Morgan fingerprint density at radius 2 is 1.59 bits per heavy atom. The molecule has 0 saturated carbocycles. The van der Waals surface area contributed by atoms with Crippen LogP contribution < -0.4 is 0 Å². The Morgan fingerprint density at radius 1 is 1.06 bits per heavy atom. The van der Waals surface area contributed by atoms with Gasteiger partial charge in [-0.05, 0) is 0 Å². The molecule has 0 atom stereocenters. The molecule has 94 valence electrons. The molecule has 1 heterocycles. The van der Waals surface area contributed by atoms with Crippen LogP contribution in [0.2, 0.25) is 0 Å². The van der Waals surface area contributed by atoms with Crippen LogP contribution in [-0.4, -0.2) is 33.6 Å². The average molecular weight is 260 g/mol. The van der Waals surface area contributed by atoms with Gasteiger partial charge in [-0.2, -0.15) is 26.3 Å². The molecule has 0 aliphatic carbocycles. The SMILES string of the molecule is O=C(c1nccn1C(=O)C(F)(F)F)C(F)(F)F. The first-order chi connectivity index (χ1) is 7.55. The molecule has 1 aromatic heterocycles. The topological polar surface area (TPSA) is 52.0 Å². The number of Topliss-reactive ketones (excluding diaryl/α,β-unsaturated/α-hetero) is 1. The molecule has 17 heavy (non-hydrogen) atoms. The Morgan fingerprint density at radius 3 is 2.00 bits per heavy atom. The zero-order chi connectivity index (χ0) is 13.4. The molecular weight excluding hydrogens is 258 g/mol. The Hall–Kier alpha value is -1.87. The maximum absolute atomic E-state index is 12.0. The number of rotatable bonds is 1. The van der Waals surface area contributed by atoms with Gasteiger partial charge in [0.25, 0.3) is 0 Å². The number of alkyl halides is 6. The normalized spacial score (nSPS) is 12.6. The van der Waals surface area contributed by atoms with Gasteiger partial charge in [-0.25, -0.2) is 4.98 Å². The number of nitrogens with zero attached hydrogens (tertiary/aromatic N) is 2. The monoisotopic (exact) mass is 260 g/mol. The molecule has 0 aromatic carbocycles. The summed E-state index contributed by atoms with van der Waals surface area (Å²) in [4.78, 5) is 24.1. The summed E-state index contributed by atoms with van der Waals surface area (Å²) in [5.74, 6) is -6.87. The quantitative estimate of drug-likeness (QED) is 0.571. The molecule has 1 aromatic rings. The number of halogens is 6. The summed E-state index contributed by atoms with van der Waals surface area (Å²) in [7, 11) is 0. The summed E-state index contributed by atoms with van der Waals surface area (Å²) in [6.07, 6.45) is -9.99. The lowest BCUT2D eigenvalue weighted by atomic mass is 10.3. The van der Waals surface area contributed by atoms with Crippen LogP contribution in [0.15, 0.2) is 12.4 Å². The maximum atomic E-state index is 12.0. The van der Waals surface area contributed by atoms with Crippen molar-refractivity contribution in [1.82, 2.24) is 9.55 Å². The highest BCUT2D eigenvalue weighted by atomic mass is 19.4. The van der Waals surface area contributed by atoms with Gasteiger partial charge in [0.05, 0.1) is 0 Å². The van der Waals surface area contributed by atoms with Gasteiger partial charge in [0.1, 0.15) is 0 Å². The maximum Gasteiger partial charge on any atom is 0.472 e. The fourth-order valence-corrected chi connectivity index (χ4v) is 0.899. The Bertz CT molecular complexity index is 417. The van der Waals surface area contributed by atoms with Crippen LogP contribution in [-0.2, 0) is 0 Å². The zero-order valence-corrected chi connectivity index (χ0v) is 7.63. The predicted molar refractivity (Wildman–Crippen MR) is 39.3 cm³/mol. The van der Waals surface area contributed by atoms with Crippen LogP contribution in [0.3, 0.4) is 0 Å². The number of carbonyl (C=O) groups is 2. The fourth-order valence-electron chi connectivity index (χ4n) is 0.899. The summed E-state index contributed by atoms with van der Waals surface area (Å²) < 4.78 is 71.3. The minimum Gasteiger partial charge on any atom is -0.280 e. The fraction of sp³-hybridized carbons (Fsp3) is 0.286. The number of aromatic nitrogens is 2. The number of hydrogen-bond donors (Lipinski definition) is 0. The first-order valence-electron chi connectivity index (χ1n) is 3.81. The average Bonchev–Trinajstić information content (AvgIpc) is 2.60. The van der Waals surface area contributed by atoms with Crippen LogP contribution in [0.4, 0.5) is 26.3 Å². The second-order valence-electron chi connectivity index (χ2n) is 2.75. The molecule has 0 aliphatic rings. The standard InChI is InChI=1S/C7H2F6N2O2/c8-6(9,10)3(16)4-14-1-2-15(4)5(17)7(11,12)13/h1-2H. The van der Waals surface area contributed by atoms with Crippen LogP contribution in [0.5, 0.6) is 0 Å². The van der Waals surface area contributed by atoms with E-state index in [4.69, 9.17) is 0 Å². The molecule has 0 radical (unpaired) electrons. The lowest BCUT2D eigenvalue weighted by Crippen LogP contribution is -2.34. The molecule has 0 unspecified atom stereocenters. The lowest BCUT2D eigenvalue weighted by molar-refractivity contribution is -0.0966. The highest BCUT2D eigenvalue weighted by Gasteiger charge is 2.46. The largest absolute Gasteiger partial charge is 0.472 e. The van der Waals surface area contributed by atoms with Crippen molar-refractivity contribution in [3.05, 3.63) is 18.2 Å². The van der Waals surface area contributed by atoms with E-state index in [1.165, 1.54) is 0 Å². The van der Waals surface area contributed by atoms with Crippen LogP contribution in [0.1, 0.15) is 15.4 Å². The summed E-state index contributed by atoms with van der Waals surface area (Å²) in [5, 5.41) is 0. The first-order valence-corrected chi connectivity index (χ1v) is 3.81. The second-order valence-corrected chi connectivity index (χ2v) is 2.75. The summed E-state index contributed by atoms with van der Waals surface area (Å²) >= 11 is 0. The third-order valence-corrected chi connectivity index (χ3v) is 1.56. The van der Waals surface area contributed by atoms with Gasteiger partial charge in [0, 0.05) is 12.4 Å². The molecule has 4 nitrogen and oxygen atoms in total. The van der Waals surface area contributed by atoms with Gasteiger partial charge in [0.15, 0.2) is 5.82 Å². The van der Waals surface area contributed by atoms with Crippen molar-refractivity contribution in [3.8, 4) is 0 Å². The Labute approximate surface area is 88.8 Å². The molecule has 0 spiro atoms. The summed E-state index contributed by atoms with van der Waals surface area (Å²) in [6.45, 7) is 0. The van der Waals surface area contributed by atoms with E-state index in [0.717, 1.165) is 0 Å². The molecule has 0 aliphatic heterocycles.